The summed E-state index contributed by atoms with van der Waals surface area (Å²) in [7, 11) is 0. The third-order valence-corrected chi connectivity index (χ3v) is 3.35. The van der Waals surface area contributed by atoms with Gasteiger partial charge in [0.15, 0.2) is 5.82 Å². The smallest absolute Gasteiger partial charge is 0.257 e. The van der Waals surface area contributed by atoms with Crippen molar-refractivity contribution in [2.24, 2.45) is 0 Å². The van der Waals surface area contributed by atoms with E-state index in [1.54, 1.807) is 0 Å². The van der Waals surface area contributed by atoms with Gasteiger partial charge in [0, 0.05) is 18.1 Å². The van der Waals surface area contributed by atoms with Gasteiger partial charge in [0.05, 0.1) is 6.61 Å². The minimum absolute atomic E-state index is 0.289. The Balaban J connectivity index is 1.82. The normalized spacial score (nSPS) is 19.3. The van der Waals surface area contributed by atoms with Crippen LogP contribution in [0.25, 0.3) is 11.5 Å². The van der Waals surface area contributed by atoms with E-state index in [9.17, 15) is 0 Å². The first-order chi connectivity index (χ1) is 8.86. The van der Waals surface area contributed by atoms with Crippen LogP contribution in [-0.2, 0) is 11.2 Å². The highest BCUT2D eigenvalue weighted by Gasteiger charge is 2.23. The number of nitrogens with zero attached hydrogens (tertiary/aromatic N) is 2. The van der Waals surface area contributed by atoms with Gasteiger partial charge in [-0.05, 0) is 30.5 Å². The highest BCUT2D eigenvalue weighted by atomic mass is 16.5. The summed E-state index contributed by atoms with van der Waals surface area (Å²) in [5.74, 6) is 1.65. The Morgan fingerprint density at radius 2 is 2.11 bits per heavy atom. The zero-order chi connectivity index (χ0) is 12.4. The Bertz CT molecular complexity index is 513. The maximum absolute atomic E-state index is 5.34. The van der Waals surface area contributed by atoms with Crippen molar-refractivity contribution in [3.05, 3.63) is 35.7 Å². The van der Waals surface area contributed by atoms with Crippen molar-refractivity contribution >= 4 is 0 Å². The molecule has 0 N–H and O–H groups in total. The van der Waals surface area contributed by atoms with Gasteiger partial charge >= 0.3 is 0 Å². The molecule has 0 radical (unpaired) electrons. The van der Waals surface area contributed by atoms with Crippen LogP contribution in [-0.4, -0.2) is 23.4 Å². The summed E-state index contributed by atoms with van der Waals surface area (Å²) < 4.78 is 10.7. The summed E-state index contributed by atoms with van der Waals surface area (Å²) in [6.45, 7) is 3.63. The molecule has 2 heterocycles. The molecule has 0 amide bonds. The number of hydrogen-bond acceptors (Lipinski definition) is 4. The fraction of sp³-hybridized carbons (Fsp3) is 0.429. The summed E-state index contributed by atoms with van der Waals surface area (Å²) in [5, 5.41) is 4.05. The molecule has 1 aliphatic rings. The van der Waals surface area contributed by atoms with E-state index in [1.807, 2.05) is 12.1 Å². The first-order valence-electron chi connectivity index (χ1n) is 6.37. The van der Waals surface area contributed by atoms with Gasteiger partial charge in [0.1, 0.15) is 0 Å². The minimum Gasteiger partial charge on any atom is -0.381 e. The third kappa shape index (κ3) is 2.16. The summed E-state index contributed by atoms with van der Waals surface area (Å²) in [5.41, 5.74) is 2.28. The maximum atomic E-state index is 5.34. The molecule has 1 aromatic carbocycles. The van der Waals surface area contributed by atoms with Gasteiger partial charge in [-0.1, -0.05) is 24.2 Å². The van der Waals surface area contributed by atoms with Crippen LogP contribution in [0.4, 0.5) is 0 Å². The van der Waals surface area contributed by atoms with Crippen LogP contribution in [0.15, 0.2) is 28.8 Å². The number of benzene rings is 1. The molecular formula is C14H16N2O2. The van der Waals surface area contributed by atoms with Gasteiger partial charge in [0.2, 0.25) is 0 Å². The van der Waals surface area contributed by atoms with Crippen LogP contribution in [0.1, 0.15) is 30.7 Å². The van der Waals surface area contributed by atoms with Crippen LogP contribution >= 0.6 is 0 Å². The Morgan fingerprint density at radius 3 is 2.78 bits per heavy atom. The lowest BCUT2D eigenvalue weighted by atomic mass is 10.1. The van der Waals surface area contributed by atoms with Crippen molar-refractivity contribution in [1.82, 2.24) is 10.1 Å². The number of hydrogen-bond donors (Lipinski definition) is 0. The van der Waals surface area contributed by atoms with E-state index >= 15 is 0 Å². The van der Waals surface area contributed by atoms with Crippen molar-refractivity contribution in [3.8, 4) is 11.5 Å². The average Bonchev–Trinajstić information content (AvgIpc) is 3.09. The molecule has 1 aromatic heterocycles. The molecule has 0 bridgehead atoms. The lowest BCUT2D eigenvalue weighted by Crippen LogP contribution is -1.99. The van der Waals surface area contributed by atoms with Gasteiger partial charge in [-0.3, -0.25) is 0 Å². The van der Waals surface area contributed by atoms with Crippen LogP contribution < -0.4 is 0 Å². The fourth-order valence-corrected chi connectivity index (χ4v) is 2.14. The second kappa shape index (κ2) is 4.90. The number of aryl methyl sites for hydroxylation is 1. The predicted octanol–water partition coefficient (Wildman–Crippen LogP) is 2.80. The van der Waals surface area contributed by atoms with Gasteiger partial charge in [-0.25, -0.2) is 0 Å². The van der Waals surface area contributed by atoms with Crippen LogP contribution in [0.5, 0.6) is 0 Å². The molecule has 0 saturated carbocycles. The van der Waals surface area contributed by atoms with Crippen LogP contribution in [0.2, 0.25) is 0 Å². The average molecular weight is 244 g/mol. The van der Waals surface area contributed by atoms with E-state index in [4.69, 9.17) is 9.26 Å². The second-order valence-corrected chi connectivity index (χ2v) is 4.57. The van der Waals surface area contributed by atoms with E-state index in [1.165, 1.54) is 5.56 Å². The predicted molar refractivity (Wildman–Crippen MR) is 67.3 cm³/mol. The monoisotopic (exact) mass is 244 g/mol. The van der Waals surface area contributed by atoms with Gasteiger partial charge < -0.3 is 9.26 Å². The van der Waals surface area contributed by atoms with Crippen molar-refractivity contribution in [1.29, 1.82) is 0 Å². The summed E-state index contributed by atoms with van der Waals surface area (Å²) in [6.07, 6.45) is 2.02. The Labute approximate surface area is 106 Å². The zero-order valence-corrected chi connectivity index (χ0v) is 10.4. The minimum atomic E-state index is 0.289. The SMILES string of the molecule is CCc1ccc(-c2nc([C@@H]3CCOC3)no2)cc1. The molecule has 1 fully saturated rings. The standard InChI is InChI=1S/C14H16N2O2/c1-2-10-3-5-11(6-4-10)14-15-13(16-18-14)12-7-8-17-9-12/h3-6,12H,2,7-9H2,1H3/t12-/m1/s1. The largest absolute Gasteiger partial charge is 0.381 e. The first kappa shape index (κ1) is 11.4. The van der Waals surface area contributed by atoms with Gasteiger partial charge in [-0.2, -0.15) is 4.98 Å². The quantitative estimate of drug-likeness (QED) is 0.833. The van der Waals surface area contributed by atoms with Crippen LogP contribution in [0, 0.1) is 0 Å². The Hall–Kier alpha value is -1.68. The van der Waals surface area contributed by atoms with Gasteiger partial charge in [0.25, 0.3) is 5.89 Å². The molecule has 0 aliphatic carbocycles. The molecule has 4 nitrogen and oxygen atoms in total. The number of rotatable bonds is 3. The second-order valence-electron chi connectivity index (χ2n) is 4.57. The van der Waals surface area contributed by atoms with Crippen molar-refractivity contribution < 1.29 is 9.26 Å². The summed E-state index contributed by atoms with van der Waals surface area (Å²) in [4.78, 5) is 4.46. The molecular weight excluding hydrogens is 228 g/mol. The van der Waals surface area contributed by atoms with Crippen molar-refractivity contribution in [2.75, 3.05) is 13.2 Å². The lowest BCUT2D eigenvalue weighted by molar-refractivity contribution is 0.192. The van der Waals surface area contributed by atoms with E-state index in [2.05, 4.69) is 29.2 Å². The highest BCUT2D eigenvalue weighted by molar-refractivity contribution is 5.53. The molecule has 0 spiro atoms. The molecule has 1 atom stereocenters. The summed E-state index contributed by atoms with van der Waals surface area (Å²) >= 11 is 0. The third-order valence-electron chi connectivity index (χ3n) is 3.35. The Kier molecular flexibility index (Phi) is 3.11. The number of ether oxygens (including phenoxy) is 1. The Morgan fingerprint density at radius 1 is 1.28 bits per heavy atom. The highest BCUT2D eigenvalue weighted by Crippen LogP contribution is 2.25. The zero-order valence-electron chi connectivity index (χ0n) is 10.4. The van der Waals surface area contributed by atoms with E-state index in [0.717, 1.165) is 30.8 Å². The molecule has 1 saturated heterocycles. The summed E-state index contributed by atoms with van der Waals surface area (Å²) in [6, 6.07) is 8.25. The van der Waals surface area contributed by atoms with Crippen LogP contribution in [0.3, 0.4) is 0 Å². The lowest BCUT2D eigenvalue weighted by Gasteiger charge is -1.98. The van der Waals surface area contributed by atoms with E-state index in [-0.39, 0.29) is 5.92 Å². The maximum Gasteiger partial charge on any atom is 0.257 e. The molecule has 18 heavy (non-hydrogen) atoms. The fourth-order valence-electron chi connectivity index (χ4n) is 2.14. The molecule has 1 aliphatic heterocycles. The molecule has 2 aromatic rings. The molecule has 0 unspecified atom stereocenters. The van der Waals surface area contributed by atoms with Crippen molar-refractivity contribution in [3.63, 3.8) is 0 Å². The molecule has 94 valence electrons. The molecule has 3 rings (SSSR count). The number of aromatic nitrogens is 2. The van der Waals surface area contributed by atoms with E-state index in [0.29, 0.717) is 12.5 Å². The van der Waals surface area contributed by atoms with Crippen molar-refractivity contribution in [2.45, 2.75) is 25.7 Å². The molecule has 4 heteroatoms. The first-order valence-corrected chi connectivity index (χ1v) is 6.37. The van der Waals surface area contributed by atoms with Gasteiger partial charge in [-0.15, -0.1) is 0 Å². The van der Waals surface area contributed by atoms with E-state index < -0.39 is 0 Å². The topological polar surface area (TPSA) is 48.2 Å².